The molecule has 2 saturated heterocycles. The number of likely N-dealkylation sites (tertiary alicyclic amines) is 1. The minimum absolute atomic E-state index is 0.0944. The molecule has 31 heavy (non-hydrogen) atoms. The lowest BCUT2D eigenvalue weighted by atomic mass is 9.96. The Morgan fingerprint density at radius 2 is 1.84 bits per heavy atom. The summed E-state index contributed by atoms with van der Waals surface area (Å²) in [5.41, 5.74) is 0. The van der Waals surface area contributed by atoms with E-state index in [4.69, 9.17) is 0 Å². The van der Waals surface area contributed by atoms with E-state index in [9.17, 15) is 4.79 Å². The quantitative estimate of drug-likeness (QED) is 0.707. The molecule has 166 valence electrons. The second-order valence-electron chi connectivity index (χ2n) is 8.53. The van der Waals surface area contributed by atoms with Crippen molar-refractivity contribution in [2.45, 2.75) is 55.0 Å². The summed E-state index contributed by atoms with van der Waals surface area (Å²) in [6.07, 6.45) is 9.11. The van der Waals surface area contributed by atoms with Crippen LogP contribution in [-0.4, -0.2) is 59.5 Å². The smallest absolute Gasteiger partial charge is 0.223 e. The van der Waals surface area contributed by atoms with Gasteiger partial charge in [0.15, 0.2) is 5.82 Å². The maximum absolute atomic E-state index is 12.7. The number of anilines is 1. The number of piperidine rings is 2. The molecule has 4 rings (SSSR count). The Bertz CT molecular complexity index is 841. The number of carbonyl (C=O) groups is 1. The number of rotatable bonds is 7. The van der Waals surface area contributed by atoms with Crippen molar-refractivity contribution >= 4 is 23.5 Å². The van der Waals surface area contributed by atoms with E-state index in [1.165, 1.54) is 19.3 Å². The molecular formula is C24H33N5OS. The zero-order valence-electron chi connectivity index (χ0n) is 18.4. The largest absolute Gasteiger partial charge is 0.355 e. The molecule has 1 aromatic heterocycles. The molecule has 1 N–H and O–H groups in total. The Labute approximate surface area is 189 Å². The van der Waals surface area contributed by atoms with Crippen molar-refractivity contribution in [3.63, 3.8) is 0 Å². The zero-order chi connectivity index (χ0) is 21.5. The average Bonchev–Trinajstić information content (AvgIpc) is 2.81. The van der Waals surface area contributed by atoms with E-state index in [1.54, 1.807) is 24.2 Å². The van der Waals surface area contributed by atoms with Gasteiger partial charge in [-0.05, 0) is 51.3 Å². The molecule has 6 nitrogen and oxygen atoms in total. The van der Waals surface area contributed by atoms with Crippen molar-refractivity contribution in [2.75, 3.05) is 37.6 Å². The van der Waals surface area contributed by atoms with E-state index in [-0.39, 0.29) is 11.8 Å². The SMILES string of the molecule is CC1CCCCN1CCNC(=O)C1CCN(c2nccnc2Sc2ccccc2)CC1. The van der Waals surface area contributed by atoms with Gasteiger partial charge in [-0.3, -0.25) is 9.69 Å². The Kier molecular flexibility index (Phi) is 7.81. The minimum Gasteiger partial charge on any atom is -0.355 e. The molecular weight excluding hydrogens is 406 g/mol. The van der Waals surface area contributed by atoms with Gasteiger partial charge in [-0.1, -0.05) is 36.4 Å². The highest BCUT2D eigenvalue weighted by molar-refractivity contribution is 7.99. The van der Waals surface area contributed by atoms with Crippen LogP contribution in [0.2, 0.25) is 0 Å². The van der Waals surface area contributed by atoms with E-state index in [1.807, 2.05) is 18.2 Å². The molecule has 1 atom stereocenters. The molecule has 0 bridgehead atoms. The van der Waals surface area contributed by atoms with Gasteiger partial charge in [0, 0.05) is 55.4 Å². The number of hydrogen-bond donors (Lipinski definition) is 1. The van der Waals surface area contributed by atoms with Crippen molar-refractivity contribution < 1.29 is 4.79 Å². The fraction of sp³-hybridized carbons (Fsp3) is 0.542. The van der Waals surface area contributed by atoms with Crippen molar-refractivity contribution in [3.05, 3.63) is 42.7 Å². The normalized spacial score (nSPS) is 20.5. The van der Waals surface area contributed by atoms with Crippen LogP contribution in [0.25, 0.3) is 0 Å². The highest BCUT2D eigenvalue weighted by Crippen LogP contribution is 2.33. The highest BCUT2D eigenvalue weighted by atomic mass is 32.2. The summed E-state index contributed by atoms with van der Waals surface area (Å²) in [5.74, 6) is 1.23. The Hall–Kier alpha value is -2.12. The summed E-state index contributed by atoms with van der Waals surface area (Å²) in [6.45, 7) is 6.85. The van der Waals surface area contributed by atoms with Crippen LogP contribution >= 0.6 is 11.8 Å². The molecule has 2 aliphatic heterocycles. The number of amides is 1. The maximum atomic E-state index is 12.7. The first-order valence-corrected chi connectivity index (χ1v) is 12.3. The van der Waals surface area contributed by atoms with Crippen LogP contribution in [0.3, 0.4) is 0 Å². The van der Waals surface area contributed by atoms with Crippen LogP contribution in [0.5, 0.6) is 0 Å². The molecule has 2 fully saturated rings. The Morgan fingerprint density at radius 1 is 1.06 bits per heavy atom. The second-order valence-corrected chi connectivity index (χ2v) is 9.60. The number of nitrogens with zero attached hydrogens (tertiary/aromatic N) is 4. The lowest BCUT2D eigenvalue weighted by Crippen LogP contribution is -2.45. The Balaban J connectivity index is 1.26. The van der Waals surface area contributed by atoms with Gasteiger partial charge in [0.05, 0.1) is 0 Å². The first kappa shape index (κ1) is 22.1. The molecule has 0 saturated carbocycles. The molecule has 0 radical (unpaired) electrons. The van der Waals surface area contributed by atoms with Gasteiger partial charge in [0.1, 0.15) is 5.03 Å². The molecule has 2 aliphatic rings. The van der Waals surface area contributed by atoms with E-state index in [0.717, 1.165) is 61.3 Å². The van der Waals surface area contributed by atoms with Crippen molar-refractivity contribution in [3.8, 4) is 0 Å². The Morgan fingerprint density at radius 3 is 2.61 bits per heavy atom. The minimum atomic E-state index is 0.0944. The molecule has 0 spiro atoms. The van der Waals surface area contributed by atoms with Crippen molar-refractivity contribution in [2.24, 2.45) is 5.92 Å². The number of carbonyl (C=O) groups excluding carboxylic acids is 1. The van der Waals surface area contributed by atoms with Gasteiger partial charge in [0.2, 0.25) is 5.91 Å². The number of nitrogens with one attached hydrogen (secondary N) is 1. The van der Waals surface area contributed by atoms with E-state index in [2.05, 4.69) is 44.1 Å². The second kappa shape index (κ2) is 11.0. The average molecular weight is 440 g/mol. The third kappa shape index (κ3) is 5.98. The molecule has 0 aliphatic carbocycles. The molecule has 1 amide bonds. The lowest BCUT2D eigenvalue weighted by Gasteiger charge is -2.34. The summed E-state index contributed by atoms with van der Waals surface area (Å²) in [5, 5.41) is 4.11. The van der Waals surface area contributed by atoms with E-state index in [0.29, 0.717) is 6.04 Å². The molecule has 2 aromatic rings. The topological polar surface area (TPSA) is 61.4 Å². The van der Waals surface area contributed by atoms with Gasteiger partial charge in [-0.2, -0.15) is 0 Å². The van der Waals surface area contributed by atoms with Crippen LogP contribution in [-0.2, 0) is 4.79 Å². The zero-order valence-corrected chi connectivity index (χ0v) is 19.2. The number of hydrogen-bond acceptors (Lipinski definition) is 6. The molecule has 3 heterocycles. The summed E-state index contributed by atoms with van der Waals surface area (Å²) >= 11 is 1.64. The first-order valence-electron chi connectivity index (χ1n) is 11.5. The van der Waals surface area contributed by atoms with Crippen LogP contribution in [0.1, 0.15) is 39.0 Å². The molecule has 1 aromatic carbocycles. The van der Waals surface area contributed by atoms with Gasteiger partial charge < -0.3 is 10.2 Å². The van der Waals surface area contributed by atoms with Crippen molar-refractivity contribution in [1.82, 2.24) is 20.2 Å². The predicted octanol–water partition coefficient (Wildman–Crippen LogP) is 3.83. The third-order valence-electron chi connectivity index (χ3n) is 6.41. The lowest BCUT2D eigenvalue weighted by molar-refractivity contribution is -0.125. The first-order chi connectivity index (χ1) is 15.2. The third-order valence-corrected chi connectivity index (χ3v) is 7.40. The molecule has 7 heteroatoms. The van der Waals surface area contributed by atoms with Crippen LogP contribution in [0.15, 0.2) is 52.6 Å². The molecule has 1 unspecified atom stereocenters. The number of benzene rings is 1. The van der Waals surface area contributed by atoms with Crippen molar-refractivity contribution in [1.29, 1.82) is 0 Å². The summed E-state index contributed by atoms with van der Waals surface area (Å²) in [4.78, 5) is 27.8. The fourth-order valence-corrected chi connectivity index (χ4v) is 5.42. The standard InChI is InChI=1S/C24H33N5OS/c1-19-7-5-6-15-28(19)18-14-26-23(30)20-10-16-29(17-11-20)22-24(27-13-12-25-22)31-21-8-3-2-4-9-21/h2-4,8-9,12-13,19-20H,5-7,10-11,14-18H2,1H3,(H,26,30). The van der Waals surface area contributed by atoms with Crippen LogP contribution in [0.4, 0.5) is 5.82 Å². The summed E-state index contributed by atoms with van der Waals surface area (Å²) in [7, 11) is 0. The van der Waals surface area contributed by atoms with Gasteiger partial charge >= 0.3 is 0 Å². The van der Waals surface area contributed by atoms with Gasteiger partial charge in [0.25, 0.3) is 0 Å². The fourth-order valence-electron chi connectivity index (χ4n) is 4.52. The van der Waals surface area contributed by atoms with Crippen LogP contribution < -0.4 is 10.2 Å². The van der Waals surface area contributed by atoms with Gasteiger partial charge in [-0.25, -0.2) is 9.97 Å². The maximum Gasteiger partial charge on any atom is 0.223 e. The van der Waals surface area contributed by atoms with Gasteiger partial charge in [-0.15, -0.1) is 0 Å². The van der Waals surface area contributed by atoms with E-state index >= 15 is 0 Å². The summed E-state index contributed by atoms with van der Waals surface area (Å²) in [6, 6.07) is 10.9. The van der Waals surface area contributed by atoms with Crippen LogP contribution in [0, 0.1) is 5.92 Å². The number of aromatic nitrogens is 2. The predicted molar refractivity (Wildman–Crippen MR) is 125 cm³/mol. The van der Waals surface area contributed by atoms with E-state index < -0.39 is 0 Å². The highest BCUT2D eigenvalue weighted by Gasteiger charge is 2.27. The monoisotopic (exact) mass is 439 g/mol. The summed E-state index contributed by atoms with van der Waals surface area (Å²) < 4.78 is 0.